The molecule has 1 amide bonds. The fraction of sp³-hybridized carbons (Fsp3) is 0.364. The van der Waals surface area contributed by atoms with Gasteiger partial charge in [0, 0.05) is 30.3 Å². The predicted octanol–water partition coefficient (Wildman–Crippen LogP) is 1.93. The van der Waals surface area contributed by atoms with Crippen molar-refractivity contribution in [3.8, 4) is 11.8 Å². The van der Waals surface area contributed by atoms with Crippen molar-refractivity contribution in [1.29, 1.82) is 0 Å². The Hall–Kier alpha value is -1.27. The average Bonchev–Trinajstić information content (AvgIpc) is 2.51. The van der Waals surface area contributed by atoms with Crippen LogP contribution in [0.4, 0.5) is 0 Å². The minimum Gasteiger partial charge on any atom is -0.355 e. The fourth-order valence-corrected chi connectivity index (χ4v) is 1.63. The quantitative estimate of drug-likeness (QED) is 0.582. The Bertz CT molecular complexity index is 370. The van der Waals surface area contributed by atoms with Crippen LogP contribution in [0.2, 0.25) is 0 Å². The maximum Gasteiger partial charge on any atom is 0.216 e. The monoisotopic (exact) mass is 207 g/mol. The largest absolute Gasteiger partial charge is 0.355 e. The van der Waals surface area contributed by atoms with Crippen molar-refractivity contribution >= 4 is 17.2 Å². The molecule has 0 bridgehead atoms. The zero-order valence-corrected chi connectivity index (χ0v) is 9.20. The Balaban J connectivity index is 2.34. The second-order valence-electron chi connectivity index (χ2n) is 2.93. The smallest absolute Gasteiger partial charge is 0.216 e. The molecule has 0 unspecified atom stereocenters. The predicted molar refractivity (Wildman–Crippen MR) is 59.2 cm³/mol. The van der Waals surface area contributed by atoms with E-state index in [9.17, 15) is 4.79 Å². The van der Waals surface area contributed by atoms with Gasteiger partial charge in [0.2, 0.25) is 5.91 Å². The molecule has 0 saturated carbocycles. The molecule has 1 aromatic rings. The van der Waals surface area contributed by atoms with Crippen molar-refractivity contribution in [2.24, 2.45) is 0 Å². The Morgan fingerprint density at radius 3 is 3.00 bits per heavy atom. The molecule has 1 aromatic heterocycles. The molecule has 1 rings (SSSR count). The lowest BCUT2D eigenvalue weighted by Gasteiger charge is -1.94. The number of amides is 1. The van der Waals surface area contributed by atoms with Gasteiger partial charge in [-0.1, -0.05) is 11.8 Å². The van der Waals surface area contributed by atoms with Crippen molar-refractivity contribution in [3.05, 3.63) is 21.9 Å². The van der Waals surface area contributed by atoms with Crippen LogP contribution in [0.15, 0.2) is 11.4 Å². The molecule has 0 atom stereocenters. The first-order valence-electron chi connectivity index (χ1n) is 4.47. The Labute approximate surface area is 88.3 Å². The van der Waals surface area contributed by atoms with Gasteiger partial charge in [-0.05, 0) is 18.4 Å². The van der Waals surface area contributed by atoms with Crippen LogP contribution in [0, 0.1) is 18.8 Å². The summed E-state index contributed by atoms with van der Waals surface area (Å²) in [5.41, 5.74) is 1.10. The zero-order valence-electron chi connectivity index (χ0n) is 8.39. The highest BCUT2D eigenvalue weighted by atomic mass is 32.1. The molecule has 0 aliphatic carbocycles. The third-order valence-corrected chi connectivity index (χ3v) is 2.55. The molecular weight excluding hydrogens is 194 g/mol. The Morgan fingerprint density at radius 2 is 2.43 bits per heavy atom. The first-order valence-corrected chi connectivity index (χ1v) is 5.35. The van der Waals surface area contributed by atoms with Crippen molar-refractivity contribution in [1.82, 2.24) is 5.32 Å². The molecule has 14 heavy (non-hydrogen) atoms. The molecule has 0 saturated heterocycles. The maximum atomic E-state index is 10.5. The van der Waals surface area contributed by atoms with Gasteiger partial charge in [0.1, 0.15) is 0 Å². The van der Waals surface area contributed by atoms with Gasteiger partial charge in [-0.25, -0.2) is 0 Å². The van der Waals surface area contributed by atoms with E-state index >= 15 is 0 Å². The number of carbonyl (C=O) groups excluding carboxylic acids is 1. The summed E-state index contributed by atoms with van der Waals surface area (Å²) in [5, 5.41) is 4.74. The SMILES string of the molecule is CC(=O)NCCC#Cc1ccsc1C. The molecule has 0 spiro atoms. The first-order chi connectivity index (χ1) is 6.70. The summed E-state index contributed by atoms with van der Waals surface area (Å²) in [7, 11) is 0. The molecule has 0 aromatic carbocycles. The molecule has 1 N–H and O–H groups in total. The van der Waals surface area contributed by atoms with Crippen LogP contribution in [0.1, 0.15) is 23.8 Å². The number of rotatable bonds is 2. The van der Waals surface area contributed by atoms with Gasteiger partial charge in [0.25, 0.3) is 0 Å². The van der Waals surface area contributed by atoms with Gasteiger partial charge >= 0.3 is 0 Å². The van der Waals surface area contributed by atoms with Gasteiger partial charge in [0.05, 0.1) is 0 Å². The van der Waals surface area contributed by atoms with Gasteiger partial charge in [-0.3, -0.25) is 4.79 Å². The molecule has 0 aliphatic rings. The summed E-state index contributed by atoms with van der Waals surface area (Å²) in [6.45, 7) is 4.20. The lowest BCUT2D eigenvalue weighted by Crippen LogP contribution is -2.20. The lowest BCUT2D eigenvalue weighted by atomic mass is 10.2. The normalized spacial score (nSPS) is 9.00. The third-order valence-electron chi connectivity index (χ3n) is 1.71. The minimum atomic E-state index is -0.00138. The number of aryl methyl sites for hydroxylation is 1. The molecule has 2 nitrogen and oxygen atoms in total. The molecule has 0 aliphatic heterocycles. The van der Waals surface area contributed by atoms with E-state index in [0.717, 1.165) is 5.56 Å². The van der Waals surface area contributed by atoms with Crippen molar-refractivity contribution in [2.45, 2.75) is 20.3 Å². The lowest BCUT2D eigenvalue weighted by molar-refractivity contribution is -0.118. The fourth-order valence-electron chi connectivity index (χ4n) is 0.973. The summed E-state index contributed by atoms with van der Waals surface area (Å²) >= 11 is 1.70. The van der Waals surface area contributed by atoms with E-state index in [1.165, 1.54) is 11.8 Å². The summed E-state index contributed by atoms with van der Waals surface area (Å²) in [4.78, 5) is 11.8. The van der Waals surface area contributed by atoms with E-state index in [0.29, 0.717) is 13.0 Å². The molecule has 74 valence electrons. The zero-order chi connectivity index (χ0) is 10.4. The topological polar surface area (TPSA) is 29.1 Å². The standard InChI is InChI=1S/C11H13NOS/c1-9-11(6-8-14-9)5-3-4-7-12-10(2)13/h6,8H,4,7H2,1-2H3,(H,12,13). The summed E-state index contributed by atoms with van der Waals surface area (Å²) in [6.07, 6.45) is 0.703. The summed E-state index contributed by atoms with van der Waals surface area (Å²) < 4.78 is 0. The molecule has 1 heterocycles. The van der Waals surface area contributed by atoms with E-state index in [-0.39, 0.29) is 5.91 Å². The van der Waals surface area contributed by atoms with E-state index in [2.05, 4.69) is 24.1 Å². The number of hydrogen-bond donors (Lipinski definition) is 1. The molecule has 3 heteroatoms. The van der Waals surface area contributed by atoms with Crippen LogP contribution in [0.25, 0.3) is 0 Å². The van der Waals surface area contributed by atoms with Crippen molar-refractivity contribution in [2.75, 3.05) is 6.54 Å². The van der Waals surface area contributed by atoms with E-state index < -0.39 is 0 Å². The number of hydrogen-bond acceptors (Lipinski definition) is 2. The van der Waals surface area contributed by atoms with Crippen LogP contribution in [-0.4, -0.2) is 12.5 Å². The maximum absolute atomic E-state index is 10.5. The Kier molecular flexibility index (Phi) is 4.21. The molecule has 0 radical (unpaired) electrons. The number of nitrogens with one attached hydrogen (secondary N) is 1. The Morgan fingerprint density at radius 1 is 1.64 bits per heavy atom. The van der Waals surface area contributed by atoms with Gasteiger partial charge in [0.15, 0.2) is 0 Å². The van der Waals surface area contributed by atoms with Gasteiger partial charge < -0.3 is 5.32 Å². The van der Waals surface area contributed by atoms with Crippen LogP contribution in [-0.2, 0) is 4.79 Å². The average molecular weight is 207 g/mol. The first kappa shape index (κ1) is 10.8. The van der Waals surface area contributed by atoms with Crippen LogP contribution >= 0.6 is 11.3 Å². The second kappa shape index (κ2) is 5.46. The van der Waals surface area contributed by atoms with Crippen LogP contribution in [0.5, 0.6) is 0 Å². The van der Waals surface area contributed by atoms with Gasteiger partial charge in [-0.2, -0.15) is 0 Å². The van der Waals surface area contributed by atoms with Crippen molar-refractivity contribution in [3.63, 3.8) is 0 Å². The molecular formula is C11H13NOS. The summed E-state index contributed by atoms with van der Waals surface area (Å²) in [6, 6.07) is 2.02. The van der Waals surface area contributed by atoms with E-state index in [1.807, 2.05) is 11.4 Å². The highest BCUT2D eigenvalue weighted by Crippen LogP contribution is 2.12. The van der Waals surface area contributed by atoms with Crippen LogP contribution in [0.3, 0.4) is 0 Å². The number of carbonyl (C=O) groups is 1. The van der Waals surface area contributed by atoms with E-state index in [4.69, 9.17) is 0 Å². The highest BCUT2D eigenvalue weighted by Gasteiger charge is 1.92. The summed E-state index contributed by atoms with van der Waals surface area (Å²) in [5.74, 6) is 6.10. The van der Waals surface area contributed by atoms with Crippen molar-refractivity contribution < 1.29 is 4.79 Å². The minimum absolute atomic E-state index is 0.00138. The highest BCUT2D eigenvalue weighted by molar-refractivity contribution is 7.10. The number of thiophene rings is 1. The van der Waals surface area contributed by atoms with E-state index in [1.54, 1.807) is 11.3 Å². The molecule has 0 fully saturated rings. The third kappa shape index (κ3) is 3.63. The van der Waals surface area contributed by atoms with Crippen LogP contribution < -0.4 is 5.32 Å². The van der Waals surface area contributed by atoms with Gasteiger partial charge in [-0.15, -0.1) is 11.3 Å². The second-order valence-corrected chi connectivity index (χ2v) is 4.05.